The molecule has 0 aliphatic rings. The van der Waals surface area contributed by atoms with Crippen LogP contribution in [0.25, 0.3) is 122 Å². The Kier molecular flexibility index (Phi) is 11.5. The number of alkyl halides is 6. The molecule has 0 spiro atoms. The molecule has 0 radical (unpaired) electrons. The summed E-state index contributed by atoms with van der Waals surface area (Å²) in [7, 11) is 0. The van der Waals surface area contributed by atoms with Crippen molar-refractivity contribution in [2.75, 3.05) is 0 Å². The second-order valence-corrected chi connectivity index (χ2v) is 19.4. The van der Waals surface area contributed by atoms with Crippen molar-refractivity contribution in [3.8, 4) is 84.2 Å². The van der Waals surface area contributed by atoms with Gasteiger partial charge >= 0.3 is 12.4 Å². The Morgan fingerprint density at radius 1 is 0.295 bits per heavy atom. The van der Waals surface area contributed by atoms with Crippen molar-refractivity contribution in [1.29, 1.82) is 5.26 Å². The van der Waals surface area contributed by atoms with Crippen LogP contribution >= 0.6 is 0 Å². The van der Waals surface area contributed by atoms with Gasteiger partial charge in [0.1, 0.15) is 0 Å². The van der Waals surface area contributed by atoms with Gasteiger partial charge in [0.25, 0.3) is 0 Å². The molecular formula is C69H41F6N3. The smallest absolute Gasteiger partial charge is 0.309 e. The van der Waals surface area contributed by atoms with Gasteiger partial charge in [-0.2, -0.15) is 31.6 Å². The summed E-state index contributed by atoms with van der Waals surface area (Å²) in [5, 5.41) is 14.3. The van der Waals surface area contributed by atoms with Crippen LogP contribution in [0.2, 0.25) is 0 Å². The zero-order valence-corrected chi connectivity index (χ0v) is 41.3. The lowest BCUT2D eigenvalue weighted by Crippen LogP contribution is -2.12. The van der Waals surface area contributed by atoms with Gasteiger partial charge in [0, 0.05) is 32.7 Å². The van der Waals surface area contributed by atoms with E-state index in [-0.39, 0.29) is 11.6 Å². The second kappa shape index (κ2) is 18.7. The lowest BCUT2D eigenvalue weighted by atomic mass is 9.92. The number of rotatable bonds is 8. The van der Waals surface area contributed by atoms with Gasteiger partial charge in [0.2, 0.25) is 0 Å². The molecule has 2 heterocycles. The first-order valence-electron chi connectivity index (χ1n) is 25.3. The third kappa shape index (κ3) is 8.35. The van der Waals surface area contributed by atoms with Gasteiger partial charge in [0.15, 0.2) is 0 Å². The molecule has 11 aromatic carbocycles. The standard InChI is InChI=1S/C69H41F6N3/c70-68(71,72)53-27-29-54(61(41-53)69(73,74)75)52-22-28-55(67(40-52)78-65-33-25-50(46-17-9-3-10-18-46)38-59(65)60-39-51(26-34-66(60)78)47-19-11-4-12-20-47)56-35-43(42-76)21-30-62(56)77-63-31-23-48(44-13-5-1-6-14-44)36-57(63)58-37-49(24-32-64(58)77)45-15-7-2-8-16-45/h1-41H. The number of nitriles is 1. The zero-order valence-electron chi connectivity index (χ0n) is 41.3. The van der Waals surface area contributed by atoms with Crippen LogP contribution in [-0.2, 0) is 12.4 Å². The molecule has 2 aromatic heterocycles. The monoisotopic (exact) mass is 1030 g/mol. The molecule has 0 saturated heterocycles. The fraction of sp³-hybridized carbons (Fsp3) is 0.0290. The maximum atomic E-state index is 15.2. The maximum Gasteiger partial charge on any atom is 0.417 e. The summed E-state index contributed by atoms with van der Waals surface area (Å²) in [5.41, 5.74) is 10.6. The molecule has 3 nitrogen and oxygen atoms in total. The van der Waals surface area contributed by atoms with Crippen LogP contribution in [0.3, 0.4) is 0 Å². The lowest BCUT2D eigenvalue weighted by Gasteiger charge is -2.21. The van der Waals surface area contributed by atoms with E-state index in [2.05, 4.69) is 83.4 Å². The van der Waals surface area contributed by atoms with Crippen molar-refractivity contribution in [2.45, 2.75) is 12.4 Å². The number of aromatic nitrogens is 2. The number of hydrogen-bond acceptors (Lipinski definition) is 1. The van der Waals surface area contributed by atoms with E-state index in [4.69, 9.17) is 0 Å². The van der Waals surface area contributed by atoms with E-state index in [1.165, 1.54) is 6.07 Å². The van der Waals surface area contributed by atoms with Gasteiger partial charge < -0.3 is 9.13 Å². The first-order valence-corrected chi connectivity index (χ1v) is 25.3. The largest absolute Gasteiger partial charge is 0.417 e. The zero-order chi connectivity index (χ0) is 53.3. The summed E-state index contributed by atoms with van der Waals surface area (Å²) in [4.78, 5) is 0. The molecular weight excluding hydrogens is 985 g/mol. The molecule has 0 amide bonds. The highest BCUT2D eigenvalue weighted by Gasteiger charge is 2.39. The molecule has 0 atom stereocenters. The van der Waals surface area contributed by atoms with E-state index < -0.39 is 29.0 Å². The maximum absolute atomic E-state index is 15.2. The summed E-state index contributed by atoms with van der Waals surface area (Å²) in [6.07, 6.45) is -10.2. The highest BCUT2D eigenvalue weighted by Crippen LogP contribution is 2.47. The lowest BCUT2D eigenvalue weighted by molar-refractivity contribution is -0.142. The third-order valence-electron chi connectivity index (χ3n) is 14.8. The predicted molar refractivity (Wildman–Crippen MR) is 302 cm³/mol. The average Bonchev–Trinajstić information content (AvgIpc) is 4.08. The summed E-state index contributed by atoms with van der Waals surface area (Å²) >= 11 is 0. The molecule has 13 aromatic rings. The van der Waals surface area contributed by atoms with E-state index in [1.54, 1.807) is 24.3 Å². The van der Waals surface area contributed by atoms with Crippen LogP contribution in [0.15, 0.2) is 249 Å². The van der Waals surface area contributed by atoms with Crippen LogP contribution in [-0.4, -0.2) is 9.13 Å². The van der Waals surface area contributed by atoms with Gasteiger partial charge in [-0.1, -0.05) is 164 Å². The average molecular weight is 1030 g/mol. The number of fused-ring (bicyclic) bond motifs is 6. The Morgan fingerprint density at radius 3 is 1.06 bits per heavy atom. The number of hydrogen-bond donors (Lipinski definition) is 0. The van der Waals surface area contributed by atoms with Gasteiger partial charge in [0.05, 0.1) is 56.2 Å². The van der Waals surface area contributed by atoms with Gasteiger partial charge in [-0.25, -0.2) is 0 Å². The van der Waals surface area contributed by atoms with Crippen LogP contribution < -0.4 is 0 Å². The molecule has 0 aliphatic heterocycles. The highest BCUT2D eigenvalue weighted by molar-refractivity contribution is 6.14. The van der Waals surface area contributed by atoms with Crippen LogP contribution in [0.5, 0.6) is 0 Å². The fourth-order valence-electron chi connectivity index (χ4n) is 11.1. The first kappa shape index (κ1) is 47.8. The molecule has 0 fully saturated rings. The number of halogens is 6. The Labute approximate surface area is 444 Å². The summed E-state index contributed by atoms with van der Waals surface area (Å²) in [6, 6.07) is 79.7. The van der Waals surface area contributed by atoms with E-state index in [1.807, 2.05) is 132 Å². The van der Waals surface area contributed by atoms with Crippen LogP contribution in [0.1, 0.15) is 16.7 Å². The van der Waals surface area contributed by atoms with Crippen molar-refractivity contribution in [3.05, 3.63) is 265 Å². The SMILES string of the molecule is N#Cc1ccc(-n2c3ccc(-c4ccccc4)cc3c3cc(-c4ccccc4)ccc32)c(-c2ccc(-c3ccc(C(F)(F)F)cc3C(F)(F)F)cc2-n2c3ccc(-c4ccccc4)cc3c3cc(-c4ccccc4)ccc32)c1. The van der Waals surface area contributed by atoms with Crippen molar-refractivity contribution in [2.24, 2.45) is 0 Å². The van der Waals surface area contributed by atoms with Gasteiger partial charge in [-0.05, 0) is 141 Å². The van der Waals surface area contributed by atoms with E-state index in [0.717, 1.165) is 94.2 Å². The van der Waals surface area contributed by atoms with Crippen molar-refractivity contribution in [1.82, 2.24) is 9.13 Å². The van der Waals surface area contributed by atoms with Crippen molar-refractivity contribution >= 4 is 43.6 Å². The Balaban J connectivity index is 1.13. The molecule has 13 rings (SSSR count). The Morgan fingerprint density at radius 2 is 0.679 bits per heavy atom. The van der Waals surface area contributed by atoms with Crippen molar-refractivity contribution < 1.29 is 26.3 Å². The molecule has 0 aliphatic carbocycles. The van der Waals surface area contributed by atoms with Crippen molar-refractivity contribution in [3.63, 3.8) is 0 Å². The minimum Gasteiger partial charge on any atom is -0.309 e. The summed E-state index contributed by atoms with van der Waals surface area (Å²) < 4.78 is 92.2. The highest BCUT2D eigenvalue weighted by atomic mass is 19.4. The van der Waals surface area contributed by atoms with Gasteiger partial charge in [-0.3, -0.25) is 0 Å². The molecule has 374 valence electrons. The summed E-state index contributed by atoms with van der Waals surface area (Å²) in [5.74, 6) is 0. The normalized spacial score (nSPS) is 12.0. The Bertz CT molecular complexity index is 4320. The predicted octanol–water partition coefficient (Wildman–Crippen LogP) is 19.8. The van der Waals surface area contributed by atoms with Crippen LogP contribution in [0.4, 0.5) is 26.3 Å². The molecule has 78 heavy (non-hydrogen) atoms. The van der Waals surface area contributed by atoms with E-state index >= 15 is 13.2 Å². The minimum atomic E-state index is -5.14. The quantitative estimate of drug-likeness (QED) is 0.140. The third-order valence-corrected chi connectivity index (χ3v) is 14.8. The Hall–Kier alpha value is -9.91. The topological polar surface area (TPSA) is 33.6 Å². The first-order chi connectivity index (χ1) is 37.9. The van der Waals surface area contributed by atoms with E-state index in [0.29, 0.717) is 34.1 Å². The number of nitrogens with zero attached hydrogens (tertiary/aromatic N) is 3. The van der Waals surface area contributed by atoms with Gasteiger partial charge in [-0.15, -0.1) is 0 Å². The fourth-order valence-corrected chi connectivity index (χ4v) is 11.1. The molecule has 9 heteroatoms. The minimum absolute atomic E-state index is 0.0448. The molecule has 0 bridgehead atoms. The molecule has 0 saturated carbocycles. The van der Waals surface area contributed by atoms with E-state index in [9.17, 15) is 18.4 Å². The summed E-state index contributed by atoms with van der Waals surface area (Å²) in [6.45, 7) is 0. The second-order valence-electron chi connectivity index (χ2n) is 19.4. The molecule has 0 unspecified atom stereocenters. The van der Waals surface area contributed by atoms with Crippen LogP contribution in [0, 0.1) is 11.3 Å². The number of benzene rings is 11. The molecule has 0 N–H and O–H groups in total.